The lowest BCUT2D eigenvalue weighted by molar-refractivity contribution is -0.112. The molecule has 2 N–H and O–H groups in total. The van der Waals surface area contributed by atoms with Crippen LogP contribution in [0.1, 0.15) is 13.3 Å². The molecule has 56 valence electrons. The molecule has 4 heteroatoms. The van der Waals surface area contributed by atoms with Crippen molar-refractivity contribution < 1.29 is 4.79 Å². The van der Waals surface area contributed by atoms with Gasteiger partial charge >= 0.3 is 0 Å². The summed E-state index contributed by atoms with van der Waals surface area (Å²) in [6.45, 7) is 1.81. The molecule has 10 heavy (non-hydrogen) atoms. The van der Waals surface area contributed by atoms with E-state index >= 15 is 0 Å². The first-order valence-electron chi connectivity index (χ1n) is 2.99. The smallest absolute Gasteiger partial charge is 0.263 e. The maximum Gasteiger partial charge on any atom is 0.263 e. The van der Waals surface area contributed by atoms with E-state index in [1.54, 1.807) is 7.05 Å². The summed E-state index contributed by atoms with van der Waals surface area (Å²) in [6, 6.07) is 0. The van der Waals surface area contributed by atoms with E-state index in [2.05, 4.69) is 9.98 Å². The van der Waals surface area contributed by atoms with Gasteiger partial charge in [-0.3, -0.25) is 9.79 Å². The standard InChI is InChI=1S/C6H11N3O/c1-3-5(6(7)10)9-4-8-2/h4H,3H2,1-2H3,(H2,7,10). The molecular weight excluding hydrogens is 130 g/mol. The van der Waals surface area contributed by atoms with E-state index in [9.17, 15) is 4.79 Å². The Bertz CT molecular complexity index is 172. The van der Waals surface area contributed by atoms with Gasteiger partial charge in [0.2, 0.25) is 0 Å². The maximum absolute atomic E-state index is 10.5. The molecule has 0 spiro atoms. The van der Waals surface area contributed by atoms with Crippen LogP contribution in [0.25, 0.3) is 0 Å². The summed E-state index contributed by atoms with van der Waals surface area (Å²) in [4.78, 5) is 17.8. The predicted molar refractivity (Wildman–Crippen MR) is 41.3 cm³/mol. The molecule has 1 amide bonds. The van der Waals surface area contributed by atoms with Crippen LogP contribution in [0.15, 0.2) is 9.98 Å². The summed E-state index contributed by atoms with van der Waals surface area (Å²) >= 11 is 0. The molecule has 0 bridgehead atoms. The van der Waals surface area contributed by atoms with Gasteiger partial charge in [-0.25, -0.2) is 4.99 Å². The molecule has 0 heterocycles. The lowest BCUT2D eigenvalue weighted by atomic mass is 10.3. The van der Waals surface area contributed by atoms with Gasteiger partial charge in [-0.1, -0.05) is 6.92 Å². The second-order valence-corrected chi connectivity index (χ2v) is 1.67. The van der Waals surface area contributed by atoms with E-state index < -0.39 is 5.91 Å². The van der Waals surface area contributed by atoms with Gasteiger partial charge in [0.05, 0.1) is 0 Å². The van der Waals surface area contributed by atoms with Gasteiger partial charge in [-0.2, -0.15) is 0 Å². The molecule has 0 aliphatic heterocycles. The topological polar surface area (TPSA) is 67.8 Å². The average molecular weight is 141 g/mol. The number of primary amides is 1. The monoisotopic (exact) mass is 141 g/mol. The fourth-order valence-corrected chi connectivity index (χ4v) is 0.457. The van der Waals surface area contributed by atoms with E-state index in [0.717, 1.165) is 0 Å². The molecule has 0 fully saturated rings. The Morgan fingerprint density at radius 2 is 2.30 bits per heavy atom. The number of nitrogens with two attached hydrogens (primary N) is 1. The van der Waals surface area contributed by atoms with E-state index in [-0.39, 0.29) is 0 Å². The molecule has 0 unspecified atom stereocenters. The Labute approximate surface area is 59.9 Å². The molecule has 0 aliphatic carbocycles. The molecular formula is C6H11N3O. The average Bonchev–Trinajstić information content (AvgIpc) is 1.89. The van der Waals surface area contributed by atoms with Crippen LogP contribution in [0.2, 0.25) is 0 Å². The van der Waals surface area contributed by atoms with Crippen molar-refractivity contribution in [1.82, 2.24) is 0 Å². The molecule has 0 aliphatic rings. The summed E-state index contributed by atoms with van der Waals surface area (Å²) in [6.07, 6.45) is 1.85. The van der Waals surface area contributed by atoms with Crippen molar-refractivity contribution >= 4 is 18.0 Å². The molecule has 4 nitrogen and oxygen atoms in total. The Morgan fingerprint density at radius 1 is 1.70 bits per heavy atom. The number of hydrogen-bond donors (Lipinski definition) is 1. The van der Waals surface area contributed by atoms with Crippen LogP contribution < -0.4 is 5.73 Å². The Kier molecular flexibility index (Phi) is 4.11. The lowest BCUT2D eigenvalue weighted by Crippen LogP contribution is -2.22. The summed E-state index contributed by atoms with van der Waals surface area (Å²) < 4.78 is 0. The molecule has 0 radical (unpaired) electrons. The summed E-state index contributed by atoms with van der Waals surface area (Å²) in [5, 5.41) is 0. The van der Waals surface area contributed by atoms with Crippen molar-refractivity contribution in [3.05, 3.63) is 0 Å². The number of rotatable bonds is 3. The first kappa shape index (κ1) is 8.81. The maximum atomic E-state index is 10.5. The number of amides is 1. The van der Waals surface area contributed by atoms with Crippen LogP contribution in [0.3, 0.4) is 0 Å². The van der Waals surface area contributed by atoms with Gasteiger partial charge < -0.3 is 5.73 Å². The first-order chi connectivity index (χ1) is 4.72. The highest BCUT2D eigenvalue weighted by Gasteiger charge is 2.00. The van der Waals surface area contributed by atoms with Crippen molar-refractivity contribution in [1.29, 1.82) is 0 Å². The number of aliphatic imine (C=N–C) groups is 2. The first-order valence-corrected chi connectivity index (χ1v) is 2.99. The summed E-state index contributed by atoms with van der Waals surface area (Å²) in [5.41, 5.74) is 5.31. The van der Waals surface area contributed by atoms with Crippen molar-refractivity contribution in [2.75, 3.05) is 7.05 Å². The van der Waals surface area contributed by atoms with Crippen molar-refractivity contribution in [2.45, 2.75) is 13.3 Å². The molecule has 0 aromatic carbocycles. The molecule has 0 aromatic rings. The van der Waals surface area contributed by atoms with E-state index in [4.69, 9.17) is 5.73 Å². The number of carbonyl (C=O) groups excluding carboxylic acids is 1. The van der Waals surface area contributed by atoms with Crippen LogP contribution in [-0.4, -0.2) is 25.0 Å². The zero-order chi connectivity index (χ0) is 7.98. The highest BCUT2D eigenvalue weighted by molar-refractivity contribution is 6.39. The van der Waals surface area contributed by atoms with Crippen LogP contribution in [0.5, 0.6) is 0 Å². The second kappa shape index (κ2) is 4.67. The van der Waals surface area contributed by atoms with Crippen molar-refractivity contribution in [3.63, 3.8) is 0 Å². The van der Waals surface area contributed by atoms with Gasteiger partial charge in [-0.15, -0.1) is 0 Å². The highest BCUT2D eigenvalue weighted by atomic mass is 16.1. The molecule has 0 atom stereocenters. The molecule has 0 saturated heterocycles. The minimum Gasteiger partial charge on any atom is -0.365 e. The van der Waals surface area contributed by atoms with Crippen molar-refractivity contribution in [2.24, 2.45) is 15.7 Å². The Morgan fingerprint density at radius 3 is 2.60 bits per heavy atom. The second-order valence-electron chi connectivity index (χ2n) is 1.67. The Hall–Kier alpha value is -1.19. The minimum absolute atomic E-state index is 0.352. The fourth-order valence-electron chi connectivity index (χ4n) is 0.457. The molecule has 0 aromatic heterocycles. The normalized spacial score (nSPS) is 12.4. The van der Waals surface area contributed by atoms with Gasteiger partial charge in [0.25, 0.3) is 5.91 Å². The number of carbonyl (C=O) groups is 1. The quantitative estimate of drug-likeness (QED) is 0.435. The van der Waals surface area contributed by atoms with E-state index in [0.29, 0.717) is 12.1 Å². The minimum atomic E-state index is -0.484. The third-order valence-corrected chi connectivity index (χ3v) is 0.948. The van der Waals surface area contributed by atoms with Crippen LogP contribution in [-0.2, 0) is 4.79 Å². The SMILES string of the molecule is CCC(=NC=NC)C(N)=O. The van der Waals surface area contributed by atoms with Gasteiger partial charge in [0.1, 0.15) is 12.1 Å². The van der Waals surface area contributed by atoms with Crippen LogP contribution in [0.4, 0.5) is 0 Å². The summed E-state index contributed by atoms with van der Waals surface area (Å²) in [7, 11) is 1.58. The third-order valence-electron chi connectivity index (χ3n) is 0.948. The zero-order valence-corrected chi connectivity index (χ0v) is 6.16. The van der Waals surface area contributed by atoms with Crippen molar-refractivity contribution in [3.8, 4) is 0 Å². The van der Waals surface area contributed by atoms with E-state index in [1.165, 1.54) is 6.34 Å². The van der Waals surface area contributed by atoms with Crippen LogP contribution >= 0.6 is 0 Å². The fraction of sp³-hybridized carbons (Fsp3) is 0.500. The zero-order valence-electron chi connectivity index (χ0n) is 6.16. The van der Waals surface area contributed by atoms with Crippen LogP contribution in [0, 0.1) is 0 Å². The van der Waals surface area contributed by atoms with Gasteiger partial charge in [0, 0.05) is 7.05 Å². The molecule has 0 rings (SSSR count). The predicted octanol–water partition coefficient (Wildman–Crippen LogP) is -0.0192. The van der Waals surface area contributed by atoms with E-state index in [1.807, 2.05) is 6.92 Å². The van der Waals surface area contributed by atoms with Gasteiger partial charge in [-0.05, 0) is 6.42 Å². The largest absolute Gasteiger partial charge is 0.365 e. The molecule has 0 saturated carbocycles. The number of hydrogen-bond acceptors (Lipinski definition) is 2. The highest BCUT2D eigenvalue weighted by Crippen LogP contribution is 1.82. The lowest BCUT2D eigenvalue weighted by Gasteiger charge is -1.91. The number of nitrogens with zero attached hydrogens (tertiary/aromatic N) is 2. The third kappa shape index (κ3) is 2.96. The Balaban J connectivity index is 4.18. The summed E-state index contributed by atoms with van der Waals surface area (Å²) in [5.74, 6) is -0.484. The van der Waals surface area contributed by atoms with Gasteiger partial charge in [0.15, 0.2) is 0 Å².